The molecule has 0 saturated carbocycles. The molecule has 0 aromatic heterocycles. The van der Waals surface area contributed by atoms with Crippen LogP contribution in [-0.4, -0.2) is 37.7 Å². The molecule has 0 N–H and O–H groups in total. The molecular formula is C12H6Cl4O6. The minimum Gasteiger partial charge on any atom is -0.426 e. The standard InChI is InChI=1S/C12H6Cl4O6/c13-5-7(15)11(21-9(5)17)19-3-1-2-4-20-12-8(16)6(14)10(18)22-12/h11-12H,3-4H2/t11-,12+. The Morgan fingerprint density at radius 3 is 1.45 bits per heavy atom. The molecule has 0 unspecified atom stereocenters. The predicted octanol–water partition coefficient (Wildman–Crippen LogP) is 2.17. The number of rotatable bonds is 4. The van der Waals surface area contributed by atoms with Crippen molar-refractivity contribution in [1.29, 1.82) is 0 Å². The SMILES string of the molecule is O=C1O[C@@H](OCC#CCO[C@H]2OC(=O)C(Cl)=C2Cl)C(Cl)=C1Cl. The van der Waals surface area contributed by atoms with Crippen LogP contribution in [0.1, 0.15) is 0 Å². The van der Waals surface area contributed by atoms with Gasteiger partial charge in [0.25, 0.3) is 0 Å². The molecule has 22 heavy (non-hydrogen) atoms. The molecule has 2 aliphatic rings. The molecular weight excluding hydrogens is 382 g/mol. The van der Waals surface area contributed by atoms with E-state index in [0.29, 0.717) is 0 Å². The molecule has 0 aromatic carbocycles. The van der Waals surface area contributed by atoms with Crippen LogP contribution in [0.5, 0.6) is 0 Å². The normalized spacial score (nSPS) is 24.4. The number of hydrogen-bond acceptors (Lipinski definition) is 6. The molecule has 0 radical (unpaired) electrons. The number of ether oxygens (including phenoxy) is 4. The van der Waals surface area contributed by atoms with Crippen LogP contribution in [0.25, 0.3) is 0 Å². The van der Waals surface area contributed by atoms with Crippen LogP contribution in [0, 0.1) is 11.8 Å². The maximum absolute atomic E-state index is 11.1. The Morgan fingerprint density at radius 2 is 1.18 bits per heavy atom. The van der Waals surface area contributed by atoms with Crippen LogP contribution in [-0.2, 0) is 28.5 Å². The van der Waals surface area contributed by atoms with E-state index in [0.717, 1.165) is 0 Å². The fraction of sp³-hybridized carbons (Fsp3) is 0.333. The fourth-order valence-electron chi connectivity index (χ4n) is 1.35. The number of hydrogen-bond donors (Lipinski definition) is 0. The number of cyclic esters (lactones) is 2. The lowest BCUT2D eigenvalue weighted by Gasteiger charge is -2.09. The van der Waals surface area contributed by atoms with Crippen LogP contribution < -0.4 is 0 Å². The third-order valence-corrected chi connectivity index (χ3v) is 4.00. The van der Waals surface area contributed by atoms with Gasteiger partial charge in [-0.3, -0.25) is 0 Å². The van der Waals surface area contributed by atoms with Gasteiger partial charge in [0.15, 0.2) is 0 Å². The zero-order valence-electron chi connectivity index (χ0n) is 10.5. The van der Waals surface area contributed by atoms with E-state index in [2.05, 4.69) is 11.8 Å². The summed E-state index contributed by atoms with van der Waals surface area (Å²) < 4.78 is 19.6. The molecule has 2 aliphatic heterocycles. The Bertz CT molecular complexity index is 577. The van der Waals surface area contributed by atoms with Crippen LogP contribution in [0.15, 0.2) is 20.1 Å². The van der Waals surface area contributed by atoms with Crippen LogP contribution in [0.2, 0.25) is 0 Å². The number of carbonyl (C=O) groups excluding carboxylic acids is 2. The molecule has 0 aromatic rings. The van der Waals surface area contributed by atoms with Crippen LogP contribution in [0.4, 0.5) is 0 Å². The van der Waals surface area contributed by atoms with Crippen molar-refractivity contribution in [2.45, 2.75) is 12.6 Å². The summed E-state index contributed by atoms with van der Waals surface area (Å²) in [5, 5.41) is -0.503. The fourth-order valence-corrected chi connectivity index (χ4v) is 1.99. The Labute approximate surface area is 144 Å². The third kappa shape index (κ3) is 3.87. The van der Waals surface area contributed by atoms with Gasteiger partial charge in [0, 0.05) is 0 Å². The van der Waals surface area contributed by atoms with Crippen LogP contribution in [0.3, 0.4) is 0 Å². The van der Waals surface area contributed by atoms with Gasteiger partial charge in [0.2, 0.25) is 12.6 Å². The lowest BCUT2D eigenvalue weighted by atomic mass is 10.5. The Kier molecular flexibility index (Phi) is 5.98. The summed E-state index contributed by atoms with van der Waals surface area (Å²) in [4.78, 5) is 22.1. The molecule has 6 nitrogen and oxygen atoms in total. The predicted molar refractivity (Wildman–Crippen MR) is 76.9 cm³/mol. The summed E-state index contributed by atoms with van der Waals surface area (Å²) in [6.07, 6.45) is -2.13. The highest BCUT2D eigenvalue weighted by Gasteiger charge is 2.33. The molecule has 2 atom stereocenters. The van der Waals surface area contributed by atoms with E-state index in [1.807, 2.05) is 0 Å². The molecule has 0 amide bonds. The molecule has 0 spiro atoms. The minimum absolute atomic E-state index is 0.0332. The first-order chi connectivity index (χ1) is 10.4. The Morgan fingerprint density at radius 1 is 0.818 bits per heavy atom. The van der Waals surface area contributed by atoms with Crippen molar-refractivity contribution in [2.24, 2.45) is 0 Å². The highest BCUT2D eigenvalue weighted by molar-refractivity contribution is 6.49. The summed E-state index contributed by atoms with van der Waals surface area (Å²) in [5.74, 6) is 3.65. The van der Waals surface area contributed by atoms with Gasteiger partial charge in [0.05, 0.1) is 0 Å². The second-order valence-corrected chi connectivity index (χ2v) is 5.34. The number of carbonyl (C=O) groups is 2. The largest absolute Gasteiger partial charge is 0.426 e. The first-order valence-electron chi connectivity index (χ1n) is 5.63. The van der Waals surface area contributed by atoms with Gasteiger partial charge in [-0.15, -0.1) is 0 Å². The first-order valence-corrected chi connectivity index (χ1v) is 7.14. The second-order valence-electron chi connectivity index (χ2n) is 3.77. The van der Waals surface area contributed by atoms with Crippen molar-refractivity contribution in [3.05, 3.63) is 20.1 Å². The average molecular weight is 388 g/mol. The molecule has 0 aliphatic carbocycles. The van der Waals surface area contributed by atoms with Gasteiger partial charge in [-0.25, -0.2) is 9.59 Å². The van der Waals surface area contributed by atoms with E-state index >= 15 is 0 Å². The smallest absolute Gasteiger partial charge is 0.353 e. The zero-order valence-corrected chi connectivity index (χ0v) is 13.6. The van der Waals surface area contributed by atoms with Crippen molar-refractivity contribution in [3.63, 3.8) is 0 Å². The van der Waals surface area contributed by atoms with Gasteiger partial charge in [-0.2, -0.15) is 0 Å². The van der Waals surface area contributed by atoms with E-state index in [1.165, 1.54) is 0 Å². The van der Waals surface area contributed by atoms with Crippen molar-refractivity contribution in [2.75, 3.05) is 13.2 Å². The van der Waals surface area contributed by atoms with E-state index in [9.17, 15) is 9.59 Å². The Hall–Kier alpha value is -0.940. The monoisotopic (exact) mass is 386 g/mol. The lowest BCUT2D eigenvalue weighted by Crippen LogP contribution is -2.15. The summed E-state index contributed by atoms with van der Waals surface area (Å²) in [5.41, 5.74) is 0. The number of halogens is 4. The van der Waals surface area contributed by atoms with Gasteiger partial charge in [-0.1, -0.05) is 58.2 Å². The van der Waals surface area contributed by atoms with Crippen LogP contribution >= 0.6 is 46.4 Å². The summed E-state index contributed by atoms with van der Waals surface area (Å²) in [6, 6.07) is 0. The molecule has 10 heteroatoms. The quantitative estimate of drug-likeness (QED) is 0.543. The van der Waals surface area contributed by atoms with Crippen molar-refractivity contribution < 1.29 is 28.5 Å². The highest BCUT2D eigenvalue weighted by atomic mass is 35.5. The number of esters is 2. The summed E-state index contributed by atoms with van der Waals surface area (Å²) in [7, 11) is 0. The first kappa shape index (κ1) is 17.4. The second kappa shape index (κ2) is 7.55. The van der Waals surface area contributed by atoms with Crippen molar-refractivity contribution in [1.82, 2.24) is 0 Å². The maximum Gasteiger partial charge on any atom is 0.353 e. The van der Waals surface area contributed by atoms with E-state index in [1.54, 1.807) is 0 Å². The maximum atomic E-state index is 11.1. The third-order valence-electron chi connectivity index (χ3n) is 2.36. The zero-order chi connectivity index (χ0) is 16.3. The summed E-state index contributed by atoms with van der Waals surface area (Å²) in [6.45, 7) is -0.174. The average Bonchev–Trinajstić information content (AvgIpc) is 2.88. The van der Waals surface area contributed by atoms with E-state index in [4.69, 9.17) is 65.4 Å². The molecule has 118 valence electrons. The van der Waals surface area contributed by atoms with Gasteiger partial charge in [-0.05, 0) is 0 Å². The minimum atomic E-state index is -1.07. The highest BCUT2D eigenvalue weighted by Crippen LogP contribution is 2.29. The van der Waals surface area contributed by atoms with Crippen molar-refractivity contribution in [3.8, 4) is 11.8 Å². The van der Waals surface area contributed by atoms with E-state index in [-0.39, 0.29) is 33.3 Å². The van der Waals surface area contributed by atoms with Gasteiger partial charge >= 0.3 is 11.9 Å². The topological polar surface area (TPSA) is 71.1 Å². The lowest BCUT2D eigenvalue weighted by molar-refractivity contribution is -0.158. The molecule has 2 heterocycles. The molecule has 0 saturated heterocycles. The van der Waals surface area contributed by atoms with E-state index < -0.39 is 24.5 Å². The molecule has 0 fully saturated rings. The van der Waals surface area contributed by atoms with Gasteiger partial charge < -0.3 is 18.9 Å². The molecule has 0 bridgehead atoms. The molecule has 2 rings (SSSR count). The van der Waals surface area contributed by atoms with Gasteiger partial charge in [0.1, 0.15) is 33.3 Å². The summed E-state index contributed by atoms with van der Waals surface area (Å²) >= 11 is 22.5. The Balaban J connectivity index is 1.71. The van der Waals surface area contributed by atoms with Crippen molar-refractivity contribution >= 4 is 58.3 Å².